The summed E-state index contributed by atoms with van der Waals surface area (Å²) in [4.78, 5) is 47.1. The predicted molar refractivity (Wildman–Crippen MR) is 277 cm³/mol. The van der Waals surface area contributed by atoms with Gasteiger partial charge in [-0.1, -0.05) is 111 Å². The summed E-state index contributed by atoms with van der Waals surface area (Å²) >= 11 is 31.8. The van der Waals surface area contributed by atoms with E-state index < -0.39 is 57.6 Å². The number of hydroxylamine groups is 4. The normalized spacial score (nSPS) is 11.5. The zero-order valence-corrected chi connectivity index (χ0v) is 40.9. The molecule has 1 aromatic heterocycles. The Morgan fingerprint density at radius 1 is 0.551 bits per heavy atom. The number of H-pyrrole nitrogens is 1. The van der Waals surface area contributed by atoms with Crippen LogP contribution >= 0.6 is 85.9 Å². The number of rotatable bonds is 0. The minimum atomic E-state index is -2.18. The van der Waals surface area contributed by atoms with Crippen LogP contribution in [-0.2, 0) is 9.59 Å². The number of pyridine rings is 1. The number of thiol groups is 4. The standard InChI is InChI=1S/C8H5NO3.C7H6Cl2S.2C7H8S.C6HF5S.C6H7NS.C4H5NO3.3CH4/c10-7-5-3-1-2-4-6(5)8(11)9(7)12;1-4-2-6(9)7(10)3-5(4)8;2*1-6-2-4-7(8)5-3-6;7-1-2(8)4(10)6(12)5(11)3(1)9;1-5-2-3-6(8)7-4-5;6-3-1-2-4(7)5(3)8;;;/h1-4,12H;2-3,10H,1H3;2*2-5,8H,1H3;12H;2-4H,1H3,(H,7,8);8H,1-2H2;3*1H4. The fourth-order valence-electron chi connectivity index (χ4n) is 4.55. The van der Waals surface area contributed by atoms with Crippen LogP contribution in [0.4, 0.5) is 22.0 Å². The molecule has 2 aliphatic heterocycles. The molecule has 0 saturated carbocycles. The van der Waals surface area contributed by atoms with Crippen LogP contribution in [0.25, 0.3) is 0 Å². The fraction of sp³-hybridized carbons (Fsp3) is 0.188. The third kappa shape index (κ3) is 21.5. The molecule has 0 spiro atoms. The van der Waals surface area contributed by atoms with Crippen LogP contribution < -0.4 is 0 Å². The first-order valence-corrected chi connectivity index (χ1v) is 21.6. The first-order chi connectivity index (χ1) is 30.9. The molecule has 0 unspecified atom stereocenters. The van der Waals surface area contributed by atoms with Crippen molar-refractivity contribution >= 4 is 110 Å². The highest BCUT2D eigenvalue weighted by atomic mass is 35.5. The SMILES string of the molecule is C.C.C.Cc1cc(Cl)c(S)cc1Cl.Cc1ccc(=S)[nH]c1.Cc1ccc(S)cc1.Cc1ccc(S)cc1.Fc1c(F)c(F)c(S)c(F)c1F.O=C1CCC(=O)N1O.O=C1c2ccccc2C(=O)N1O. The summed E-state index contributed by atoms with van der Waals surface area (Å²) in [7, 11) is 0. The summed E-state index contributed by atoms with van der Waals surface area (Å²) < 4.78 is 62.1. The van der Waals surface area contributed by atoms with Crippen molar-refractivity contribution in [2.24, 2.45) is 0 Å². The van der Waals surface area contributed by atoms with Crippen LogP contribution in [0.5, 0.6) is 0 Å². The Balaban J connectivity index is 0. The number of aromatic amines is 1. The molecule has 5 aromatic carbocycles. The highest BCUT2D eigenvalue weighted by molar-refractivity contribution is 7.80. The lowest BCUT2D eigenvalue weighted by atomic mass is 10.1. The summed E-state index contributed by atoms with van der Waals surface area (Å²) in [6, 6.07) is 29.8. The van der Waals surface area contributed by atoms with Gasteiger partial charge in [-0.25, -0.2) is 22.0 Å². The topological polar surface area (TPSA) is 131 Å². The number of hydrogen-bond acceptors (Lipinski definition) is 11. The Morgan fingerprint density at radius 2 is 0.928 bits per heavy atom. The van der Waals surface area contributed by atoms with Crippen LogP contribution in [0.3, 0.4) is 0 Å². The number of fused-ring (bicyclic) bond motifs is 1. The van der Waals surface area contributed by atoms with E-state index in [0.29, 0.717) is 10.0 Å². The fourth-order valence-corrected chi connectivity index (χ4v) is 5.82. The van der Waals surface area contributed by atoms with Crippen molar-refractivity contribution in [3.8, 4) is 0 Å². The highest BCUT2D eigenvalue weighted by Crippen LogP contribution is 2.27. The Labute approximate surface area is 436 Å². The molecular formula is C48H52Cl2F5N3O6S5. The molecule has 6 aromatic rings. The van der Waals surface area contributed by atoms with Crippen LogP contribution in [0.2, 0.25) is 10.0 Å². The van der Waals surface area contributed by atoms with Crippen LogP contribution in [0, 0.1) is 61.4 Å². The summed E-state index contributed by atoms with van der Waals surface area (Å²) in [5, 5.41) is 19.0. The Kier molecular flexibility index (Phi) is 31.0. The van der Waals surface area contributed by atoms with Gasteiger partial charge < -0.3 is 4.98 Å². The van der Waals surface area contributed by atoms with Crippen molar-refractivity contribution in [1.82, 2.24) is 15.1 Å². The van der Waals surface area contributed by atoms with Gasteiger partial charge in [-0.15, -0.1) is 55.6 Å². The maximum Gasteiger partial charge on any atom is 0.285 e. The van der Waals surface area contributed by atoms with E-state index in [1.54, 1.807) is 24.3 Å². The van der Waals surface area contributed by atoms with Crippen molar-refractivity contribution in [3.63, 3.8) is 0 Å². The predicted octanol–water partition coefficient (Wildman–Crippen LogP) is 15.0. The van der Waals surface area contributed by atoms with E-state index in [0.717, 1.165) is 24.9 Å². The molecular weight excluding hydrogens is 1040 g/mol. The zero-order valence-electron chi connectivity index (χ0n) is 35.0. The molecule has 2 aliphatic rings. The van der Waals surface area contributed by atoms with Gasteiger partial charge >= 0.3 is 0 Å². The monoisotopic (exact) mass is 1090 g/mol. The second-order valence-corrected chi connectivity index (χ2v) is 16.7. The van der Waals surface area contributed by atoms with Crippen molar-refractivity contribution in [3.05, 3.63) is 180 Å². The van der Waals surface area contributed by atoms with E-state index >= 15 is 0 Å². The number of aryl methyl sites for hydroxylation is 4. The van der Waals surface area contributed by atoms with Gasteiger partial charge in [-0.3, -0.25) is 29.6 Å². The van der Waals surface area contributed by atoms with Crippen LogP contribution in [0.1, 0.15) is 78.1 Å². The average Bonchev–Trinajstić information content (AvgIpc) is 3.71. The number of imide groups is 2. The van der Waals surface area contributed by atoms with E-state index in [-0.39, 0.29) is 56.4 Å². The molecule has 1 fully saturated rings. The van der Waals surface area contributed by atoms with Crippen molar-refractivity contribution in [2.75, 3.05) is 0 Å². The van der Waals surface area contributed by atoms with E-state index in [9.17, 15) is 41.1 Å². The Bertz CT molecular complexity index is 2410. The van der Waals surface area contributed by atoms with Gasteiger partial charge in [0.25, 0.3) is 23.6 Å². The minimum Gasteiger partial charge on any atom is -0.353 e. The quantitative estimate of drug-likeness (QED) is 0.0153. The van der Waals surface area contributed by atoms with Crippen LogP contribution in [0.15, 0.2) is 123 Å². The maximum atomic E-state index is 12.3. The summed E-state index contributed by atoms with van der Waals surface area (Å²) in [5.74, 6) is -12.3. The van der Waals surface area contributed by atoms with Gasteiger partial charge in [0.2, 0.25) is 5.82 Å². The number of hydrogen-bond donors (Lipinski definition) is 7. The van der Waals surface area contributed by atoms with E-state index in [2.05, 4.69) is 69.3 Å². The first-order valence-electron chi connectivity index (χ1n) is 18.6. The third-order valence-electron chi connectivity index (χ3n) is 8.22. The van der Waals surface area contributed by atoms with Gasteiger partial charge in [0, 0.05) is 38.7 Å². The van der Waals surface area contributed by atoms with Crippen molar-refractivity contribution in [2.45, 2.75) is 82.4 Å². The van der Waals surface area contributed by atoms with Crippen LogP contribution in [-0.4, -0.2) is 49.2 Å². The van der Waals surface area contributed by atoms with Crippen molar-refractivity contribution < 1.29 is 51.5 Å². The number of benzene rings is 5. The molecule has 21 heteroatoms. The molecule has 0 aliphatic carbocycles. The first kappa shape index (κ1) is 66.4. The van der Waals surface area contributed by atoms with Gasteiger partial charge in [-0.05, 0) is 93.4 Å². The molecule has 8 rings (SSSR count). The minimum absolute atomic E-state index is 0. The molecule has 0 radical (unpaired) electrons. The lowest BCUT2D eigenvalue weighted by Gasteiger charge is -2.01. The summed E-state index contributed by atoms with van der Waals surface area (Å²) in [6.45, 7) is 8.05. The second-order valence-electron chi connectivity index (χ2n) is 13.4. The Hall–Kier alpha value is -4.70. The number of carbonyl (C=O) groups excluding carboxylic acids is 4. The zero-order chi connectivity index (χ0) is 50.0. The number of nitrogens with zero attached hydrogens (tertiary/aromatic N) is 2. The van der Waals surface area contributed by atoms with Gasteiger partial charge in [0.05, 0.1) is 21.0 Å². The average molecular weight is 1090 g/mol. The summed E-state index contributed by atoms with van der Waals surface area (Å²) in [6.07, 6.45) is 2.19. The molecule has 374 valence electrons. The third-order valence-corrected chi connectivity index (χ3v) is 10.7. The number of amides is 4. The van der Waals surface area contributed by atoms with E-state index in [1.807, 2.05) is 80.7 Å². The van der Waals surface area contributed by atoms with Crippen molar-refractivity contribution in [1.29, 1.82) is 0 Å². The molecule has 3 N–H and O–H groups in total. The smallest absolute Gasteiger partial charge is 0.285 e. The van der Waals surface area contributed by atoms with Gasteiger partial charge in [-0.2, -0.15) is 5.06 Å². The molecule has 69 heavy (non-hydrogen) atoms. The molecule has 4 amide bonds. The van der Waals surface area contributed by atoms with E-state index in [1.165, 1.54) is 28.8 Å². The Morgan fingerprint density at radius 3 is 1.23 bits per heavy atom. The molecule has 0 atom stereocenters. The lowest BCUT2D eigenvalue weighted by molar-refractivity contribution is -0.171. The highest BCUT2D eigenvalue weighted by Gasteiger charge is 2.34. The second kappa shape index (κ2) is 32.2. The number of halogens is 7. The maximum absolute atomic E-state index is 12.3. The molecule has 9 nitrogen and oxygen atoms in total. The number of nitrogens with one attached hydrogen (secondary N) is 1. The van der Waals surface area contributed by atoms with Gasteiger partial charge in [0.15, 0.2) is 23.3 Å². The number of aromatic nitrogens is 1. The lowest BCUT2D eigenvalue weighted by Crippen LogP contribution is -2.25. The molecule has 1 saturated heterocycles. The van der Waals surface area contributed by atoms with E-state index in [4.69, 9.17) is 45.8 Å². The summed E-state index contributed by atoms with van der Waals surface area (Å²) in [5.41, 5.74) is 5.25. The molecule has 0 bridgehead atoms. The molecule has 3 heterocycles. The number of carbonyl (C=O) groups is 4. The largest absolute Gasteiger partial charge is 0.353 e. The van der Waals surface area contributed by atoms with Gasteiger partial charge in [0.1, 0.15) is 4.64 Å².